The van der Waals surface area contributed by atoms with E-state index in [1.54, 1.807) is 6.20 Å². The molecule has 0 amide bonds. The van der Waals surface area contributed by atoms with Gasteiger partial charge in [0.25, 0.3) is 0 Å². The third-order valence-corrected chi connectivity index (χ3v) is 3.77. The number of nitrogens with zero attached hydrogens (tertiary/aromatic N) is 3. The molecule has 3 heteroatoms. The molecule has 17 heavy (non-hydrogen) atoms. The molecule has 1 saturated carbocycles. The van der Waals surface area contributed by atoms with E-state index in [9.17, 15) is 0 Å². The Morgan fingerprint density at radius 3 is 2.71 bits per heavy atom. The van der Waals surface area contributed by atoms with Gasteiger partial charge in [0.05, 0.1) is 5.56 Å². The maximum Gasteiger partial charge on any atom is 0.146 e. The van der Waals surface area contributed by atoms with E-state index in [0.717, 1.165) is 11.7 Å². The van der Waals surface area contributed by atoms with Crippen molar-refractivity contribution in [2.24, 2.45) is 5.92 Å². The quantitative estimate of drug-likeness (QED) is 0.782. The van der Waals surface area contributed by atoms with Crippen molar-refractivity contribution in [2.45, 2.75) is 38.6 Å². The molecule has 1 aromatic rings. The molecule has 3 nitrogen and oxygen atoms in total. The zero-order chi connectivity index (χ0) is 12.3. The van der Waals surface area contributed by atoms with Gasteiger partial charge < -0.3 is 4.90 Å². The molecule has 0 saturated heterocycles. The van der Waals surface area contributed by atoms with Gasteiger partial charge in [0.15, 0.2) is 0 Å². The third kappa shape index (κ3) is 2.58. The summed E-state index contributed by atoms with van der Waals surface area (Å²) in [6.45, 7) is 2.32. The molecular formula is C14H19N3. The lowest BCUT2D eigenvalue weighted by Crippen LogP contribution is -2.35. The Balaban J connectivity index is 2.14. The summed E-state index contributed by atoms with van der Waals surface area (Å²) in [6.07, 6.45) is 6.74. The topological polar surface area (TPSA) is 39.9 Å². The van der Waals surface area contributed by atoms with Crippen LogP contribution < -0.4 is 4.90 Å². The van der Waals surface area contributed by atoms with Crippen LogP contribution in [0.4, 0.5) is 5.82 Å². The van der Waals surface area contributed by atoms with Gasteiger partial charge in [0.1, 0.15) is 11.9 Å². The Hall–Kier alpha value is -1.56. The molecule has 2 rings (SSSR count). The number of hydrogen-bond acceptors (Lipinski definition) is 3. The lowest BCUT2D eigenvalue weighted by Gasteiger charge is -2.34. The van der Waals surface area contributed by atoms with E-state index in [1.807, 2.05) is 12.1 Å². The van der Waals surface area contributed by atoms with Crippen molar-refractivity contribution in [3.05, 3.63) is 23.9 Å². The zero-order valence-electron chi connectivity index (χ0n) is 10.6. The van der Waals surface area contributed by atoms with Crippen LogP contribution in [-0.4, -0.2) is 18.1 Å². The fourth-order valence-corrected chi connectivity index (χ4v) is 2.57. The normalized spacial score (nSPS) is 24.1. The first kappa shape index (κ1) is 11.9. The van der Waals surface area contributed by atoms with Crippen molar-refractivity contribution >= 4 is 5.82 Å². The van der Waals surface area contributed by atoms with E-state index in [4.69, 9.17) is 5.26 Å². The molecule has 0 aromatic carbocycles. The van der Waals surface area contributed by atoms with Crippen molar-refractivity contribution in [1.82, 2.24) is 4.98 Å². The van der Waals surface area contributed by atoms with Crippen molar-refractivity contribution in [1.29, 1.82) is 5.26 Å². The van der Waals surface area contributed by atoms with Gasteiger partial charge in [0.2, 0.25) is 0 Å². The number of anilines is 1. The number of aromatic nitrogens is 1. The average Bonchev–Trinajstić information content (AvgIpc) is 2.39. The van der Waals surface area contributed by atoms with Gasteiger partial charge in [-0.15, -0.1) is 0 Å². The molecule has 0 atom stereocenters. The molecular weight excluding hydrogens is 210 g/mol. The highest BCUT2D eigenvalue weighted by atomic mass is 15.2. The summed E-state index contributed by atoms with van der Waals surface area (Å²) in [5.74, 6) is 1.67. The second kappa shape index (κ2) is 5.18. The van der Waals surface area contributed by atoms with Crippen LogP contribution in [0, 0.1) is 17.2 Å². The minimum absolute atomic E-state index is 0.535. The smallest absolute Gasteiger partial charge is 0.146 e. The summed E-state index contributed by atoms with van der Waals surface area (Å²) < 4.78 is 0. The average molecular weight is 229 g/mol. The molecule has 0 unspecified atom stereocenters. The van der Waals surface area contributed by atoms with Crippen LogP contribution in [0.15, 0.2) is 18.3 Å². The van der Waals surface area contributed by atoms with E-state index in [2.05, 4.69) is 29.9 Å². The third-order valence-electron chi connectivity index (χ3n) is 3.77. The minimum atomic E-state index is 0.535. The van der Waals surface area contributed by atoms with Crippen LogP contribution >= 0.6 is 0 Å². The molecule has 1 aromatic heterocycles. The maximum absolute atomic E-state index is 9.09. The predicted molar refractivity (Wildman–Crippen MR) is 68.8 cm³/mol. The van der Waals surface area contributed by atoms with Gasteiger partial charge >= 0.3 is 0 Å². The van der Waals surface area contributed by atoms with Crippen molar-refractivity contribution in [2.75, 3.05) is 11.9 Å². The van der Waals surface area contributed by atoms with Gasteiger partial charge in [-0.25, -0.2) is 4.98 Å². The summed E-state index contributed by atoms with van der Waals surface area (Å²) >= 11 is 0. The first-order valence-corrected chi connectivity index (χ1v) is 6.30. The van der Waals surface area contributed by atoms with Gasteiger partial charge in [0, 0.05) is 19.3 Å². The van der Waals surface area contributed by atoms with E-state index >= 15 is 0 Å². The van der Waals surface area contributed by atoms with Crippen LogP contribution in [0.25, 0.3) is 0 Å². The van der Waals surface area contributed by atoms with Gasteiger partial charge in [-0.3, -0.25) is 0 Å². The first-order valence-electron chi connectivity index (χ1n) is 6.30. The van der Waals surface area contributed by atoms with Gasteiger partial charge in [-0.05, 0) is 43.7 Å². The molecule has 0 bridgehead atoms. The molecule has 90 valence electrons. The van der Waals surface area contributed by atoms with Crippen molar-refractivity contribution in [3.8, 4) is 6.07 Å². The number of nitriles is 1. The molecule has 0 spiro atoms. The lowest BCUT2D eigenvalue weighted by atomic mass is 9.86. The molecule has 0 aliphatic heterocycles. The van der Waals surface area contributed by atoms with E-state index in [1.165, 1.54) is 25.7 Å². The zero-order valence-corrected chi connectivity index (χ0v) is 10.6. The Labute approximate surface area is 103 Å². The largest absolute Gasteiger partial charge is 0.356 e. The second-order valence-electron chi connectivity index (χ2n) is 5.01. The van der Waals surface area contributed by atoms with Crippen LogP contribution in [0.3, 0.4) is 0 Å². The van der Waals surface area contributed by atoms with Gasteiger partial charge in [-0.2, -0.15) is 5.26 Å². The summed E-state index contributed by atoms with van der Waals surface area (Å²) in [5, 5.41) is 9.09. The van der Waals surface area contributed by atoms with Crippen molar-refractivity contribution in [3.63, 3.8) is 0 Å². The van der Waals surface area contributed by atoms with Crippen LogP contribution in [0.2, 0.25) is 0 Å². The summed E-state index contributed by atoms with van der Waals surface area (Å²) in [4.78, 5) is 6.53. The first-order chi connectivity index (χ1) is 8.22. The van der Waals surface area contributed by atoms with Gasteiger partial charge in [-0.1, -0.05) is 6.92 Å². The number of rotatable bonds is 2. The van der Waals surface area contributed by atoms with Crippen LogP contribution in [-0.2, 0) is 0 Å². The highest BCUT2D eigenvalue weighted by molar-refractivity contribution is 5.53. The van der Waals surface area contributed by atoms with E-state index in [-0.39, 0.29) is 0 Å². The minimum Gasteiger partial charge on any atom is -0.356 e. The predicted octanol–water partition coefficient (Wildman–Crippen LogP) is 2.97. The molecule has 0 radical (unpaired) electrons. The fraction of sp³-hybridized carbons (Fsp3) is 0.571. The Kier molecular flexibility index (Phi) is 3.63. The van der Waals surface area contributed by atoms with Crippen molar-refractivity contribution < 1.29 is 0 Å². The summed E-state index contributed by atoms with van der Waals surface area (Å²) in [5.41, 5.74) is 0.675. The van der Waals surface area contributed by atoms with E-state index in [0.29, 0.717) is 11.6 Å². The highest BCUT2D eigenvalue weighted by Gasteiger charge is 2.23. The maximum atomic E-state index is 9.09. The standard InChI is InChI=1S/C14H19N3/c1-11-5-7-13(8-6-11)17(2)14-12(10-15)4-3-9-16-14/h3-4,9,11,13H,5-8H2,1-2H3. The Morgan fingerprint density at radius 2 is 2.06 bits per heavy atom. The molecule has 1 heterocycles. The molecule has 0 N–H and O–H groups in total. The van der Waals surface area contributed by atoms with Crippen LogP contribution in [0.1, 0.15) is 38.2 Å². The highest BCUT2D eigenvalue weighted by Crippen LogP contribution is 2.29. The SMILES string of the molecule is CC1CCC(N(C)c2ncccc2C#N)CC1. The second-order valence-corrected chi connectivity index (χ2v) is 5.01. The Morgan fingerprint density at radius 1 is 1.35 bits per heavy atom. The molecule has 1 aliphatic rings. The summed E-state index contributed by atoms with van der Waals surface area (Å²) in [7, 11) is 2.06. The fourth-order valence-electron chi connectivity index (χ4n) is 2.57. The summed E-state index contributed by atoms with van der Waals surface area (Å²) in [6, 6.07) is 6.41. The molecule has 1 aliphatic carbocycles. The Bertz CT molecular complexity index is 414. The number of pyridine rings is 1. The monoisotopic (exact) mass is 229 g/mol. The van der Waals surface area contributed by atoms with Crippen LogP contribution in [0.5, 0.6) is 0 Å². The number of hydrogen-bond donors (Lipinski definition) is 0. The molecule has 1 fully saturated rings. The lowest BCUT2D eigenvalue weighted by molar-refractivity contribution is 0.340. The van der Waals surface area contributed by atoms with E-state index < -0.39 is 0 Å².